The number of carbonyl (C=O) groups is 2. The maximum Gasteiger partial charge on any atom is 0.257 e. The van der Waals surface area contributed by atoms with Gasteiger partial charge in [0.15, 0.2) is 0 Å². The quantitative estimate of drug-likeness (QED) is 0.665. The van der Waals surface area contributed by atoms with Gasteiger partial charge in [0.2, 0.25) is 15.9 Å². The van der Waals surface area contributed by atoms with Crippen LogP contribution in [0.2, 0.25) is 0 Å². The van der Waals surface area contributed by atoms with Crippen molar-refractivity contribution in [3.63, 3.8) is 0 Å². The van der Waals surface area contributed by atoms with Crippen molar-refractivity contribution in [2.75, 3.05) is 36.4 Å². The van der Waals surface area contributed by atoms with E-state index in [0.29, 0.717) is 31.1 Å². The zero-order valence-electron chi connectivity index (χ0n) is 18.4. The van der Waals surface area contributed by atoms with Crippen molar-refractivity contribution in [1.29, 1.82) is 0 Å². The van der Waals surface area contributed by atoms with Gasteiger partial charge in [-0.3, -0.25) is 9.59 Å². The van der Waals surface area contributed by atoms with E-state index in [1.54, 1.807) is 24.3 Å². The molecule has 3 N–H and O–H groups in total. The summed E-state index contributed by atoms with van der Waals surface area (Å²) in [4.78, 5) is 30.9. The van der Waals surface area contributed by atoms with Crippen molar-refractivity contribution in [1.82, 2.24) is 9.29 Å². The van der Waals surface area contributed by atoms with Crippen LogP contribution in [0.1, 0.15) is 42.5 Å². The van der Waals surface area contributed by atoms with Crippen LogP contribution in [-0.2, 0) is 14.8 Å². The fraction of sp³-hybridized carbons (Fsp3) is 0.435. The molecule has 9 nitrogen and oxygen atoms in total. The number of carbonyl (C=O) groups excluding carboxylic acids is 2. The highest BCUT2D eigenvalue weighted by Gasteiger charge is 2.30. The highest BCUT2D eigenvalue weighted by molar-refractivity contribution is 7.89. The molecule has 0 aliphatic carbocycles. The minimum atomic E-state index is -3.75. The number of hydrogen-bond donors (Lipinski definition) is 2. The molecule has 1 atom stereocenters. The zero-order chi connectivity index (χ0) is 23.4. The standard InChI is InChI=1S/C23H29N5O4S/c24-22(29)17-7-6-12-27(16-17)21-11-10-18(15-25-21)26-23(30)19-8-2-3-9-20(19)33(31,32)28-13-4-1-5-14-28/h2-3,8-11,15,17H,1,4-7,12-14,16H2,(H2,24,29)(H,26,30). The van der Waals surface area contributed by atoms with Gasteiger partial charge in [-0.15, -0.1) is 0 Å². The number of primary amides is 1. The number of aromatic nitrogens is 1. The molecule has 2 amide bonds. The van der Waals surface area contributed by atoms with Crippen molar-refractivity contribution in [2.24, 2.45) is 11.7 Å². The average molecular weight is 472 g/mol. The van der Waals surface area contributed by atoms with Crippen molar-refractivity contribution >= 4 is 33.3 Å². The lowest BCUT2D eigenvalue weighted by atomic mass is 9.97. The van der Waals surface area contributed by atoms with E-state index in [1.807, 2.05) is 4.90 Å². The molecular formula is C23H29N5O4S. The van der Waals surface area contributed by atoms with Crippen LogP contribution in [-0.4, -0.2) is 55.7 Å². The van der Waals surface area contributed by atoms with Gasteiger partial charge in [0.25, 0.3) is 5.91 Å². The van der Waals surface area contributed by atoms with Crippen LogP contribution in [0.3, 0.4) is 0 Å². The molecule has 0 radical (unpaired) electrons. The van der Waals surface area contributed by atoms with E-state index in [0.717, 1.165) is 38.6 Å². The molecule has 2 aliphatic heterocycles. The number of sulfonamides is 1. The van der Waals surface area contributed by atoms with Gasteiger partial charge in [-0.05, 0) is 49.9 Å². The number of amides is 2. The predicted octanol–water partition coefficient (Wildman–Crippen LogP) is 2.21. The predicted molar refractivity (Wildman–Crippen MR) is 125 cm³/mol. The summed E-state index contributed by atoms with van der Waals surface area (Å²) in [6.07, 6.45) is 5.82. The summed E-state index contributed by atoms with van der Waals surface area (Å²) < 4.78 is 27.8. The van der Waals surface area contributed by atoms with E-state index in [4.69, 9.17) is 5.73 Å². The second-order valence-corrected chi connectivity index (χ2v) is 10.4. The maximum absolute atomic E-state index is 13.2. The molecule has 4 rings (SSSR count). The summed E-state index contributed by atoms with van der Waals surface area (Å²) in [7, 11) is -3.75. The maximum atomic E-state index is 13.2. The van der Waals surface area contributed by atoms with Crippen LogP contribution in [0.25, 0.3) is 0 Å². The molecule has 1 unspecified atom stereocenters. The van der Waals surface area contributed by atoms with E-state index in [1.165, 1.54) is 22.6 Å². The van der Waals surface area contributed by atoms with E-state index in [9.17, 15) is 18.0 Å². The molecule has 1 aromatic heterocycles. The Morgan fingerprint density at radius 2 is 1.76 bits per heavy atom. The first-order valence-corrected chi connectivity index (χ1v) is 12.7. The number of pyridine rings is 1. The van der Waals surface area contributed by atoms with Gasteiger partial charge < -0.3 is 16.0 Å². The van der Waals surface area contributed by atoms with Crippen LogP contribution >= 0.6 is 0 Å². The third-order valence-electron chi connectivity index (χ3n) is 6.22. The summed E-state index contributed by atoms with van der Waals surface area (Å²) in [6.45, 7) is 2.24. The Hall–Kier alpha value is -2.98. The topological polar surface area (TPSA) is 126 Å². The third kappa shape index (κ3) is 5.17. The van der Waals surface area contributed by atoms with Crippen LogP contribution in [0.4, 0.5) is 11.5 Å². The molecule has 2 fully saturated rings. The molecule has 0 bridgehead atoms. The fourth-order valence-electron chi connectivity index (χ4n) is 4.39. The Bertz CT molecular complexity index is 1110. The Kier molecular flexibility index (Phi) is 6.94. The summed E-state index contributed by atoms with van der Waals surface area (Å²) >= 11 is 0. The molecule has 10 heteroatoms. The molecular weight excluding hydrogens is 442 g/mol. The molecule has 2 aromatic rings. The first kappa shape index (κ1) is 23.2. The highest BCUT2D eigenvalue weighted by Crippen LogP contribution is 2.25. The van der Waals surface area contributed by atoms with Crippen molar-refractivity contribution in [2.45, 2.75) is 37.0 Å². The molecule has 2 saturated heterocycles. The molecule has 0 saturated carbocycles. The smallest absolute Gasteiger partial charge is 0.257 e. The number of nitrogens with one attached hydrogen (secondary N) is 1. The minimum absolute atomic E-state index is 0.0137. The molecule has 176 valence electrons. The second-order valence-electron chi connectivity index (χ2n) is 8.51. The Balaban J connectivity index is 1.48. The van der Waals surface area contributed by atoms with Crippen molar-refractivity contribution in [3.05, 3.63) is 48.2 Å². The van der Waals surface area contributed by atoms with Gasteiger partial charge in [-0.1, -0.05) is 18.6 Å². The van der Waals surface area contributed by atoms with Crippen LogP contribution < -0.4 is 16.0 Å². The summed E-state index contributed by atoms with van der Waals surface area (Å²) in [6, 6.07) is 9.77. The Morgan fingerprint density at radius 3 is 2.45 bits per heavy atom. The van der Waals surface area contributed by atoms with E-state index in [2.05, 4.69) is 10.3 Å². The lowest BCUT2D eigenvalue weighted by Crippen LogP contribution is -2.41. The third-order valence-corrected chi connectivity index (χ3v) is 8.17. The SMILES string of the molecule is NC(=O)C1CCCN(c2ccc(NC(=O)c3ccccc3S(=O)(=O)N3CCCCC3)cn2)C1. The van der Waals surface area contributed by atoms with Crippen LogP contribution in [0, 0.1) is 5.92 Å². The largest absolute Gasteiger partial charge is 0.369 e. The molecule has 0 spiro atoms. The first-order chi connectivity index (χ1) is 15.9. The van der Waals surface area contributed by atoms with Gasteiger partial charge in [0.05, 0.1) is 28.3 Å². The average Bonchev–Trinajstić information content (AvgIpc) is 2.85. The number of nitrogens with zero attached hydrogens (tertiary/aromatic N) is 3. The van der Waals surface area contributed by atoms with Crippen LogP contribution in [0.5, 0.6) is 0 Å². The number of nitrogens with two attached hydrogens (primary N) is 1. The molecule has 1 aromatic carbocycles. The zero-order valence-corrected chi connectivity index (χ0v) is 19.3. The number of hydrogen-bond acceptors (Lipinski definition) is 6. The molecule has 2 aliphatic rings. The van der Waals surface area contributed by atoms with Gasteiger partial charge in [-0.25, -0.2) is 13.4 Å². The summed E-state index contributed by atoms with van der Waals surface area (Å²) in [5.41, 5.74) is 6.01. The number of anilines is 2. The van der Waals surface area contributed by atoms with Gasteiger partial charge in [-0.2, -0.15) is 4.31 Å². The monoisotopic (exact) mass is 471 g/mol. The van der Waals surface area contributed by atoms with Crippen molar-refractivity contribution < 1.29 is 18.0 Å². The summed E-state index contributed by atoms with van der Waals surface area (Å²) in [5, 5.41) is 2.75. The van der Waals surface area contributed by atoms with Gasteiger partial charge >= 0.3 is 0 Å². The number of piperidine rings is 2. The summed E-state index contributed by atoms with van der Waals surface area (Å²) in [5.74, 6) is -0.306. The highest BCUT2D eigenvalue weighted by atomic mass is 32.2. The van der Waals surface area contributed by atoms with Crippen LogP contribution in [0.15, 0.2) is 47.5 Å². The second kappa shape index (κ2) is 9.88. The Morgan fingerprint density at radius 1 is 1.00 bits per heavy atom. The van der Waals surface area contributed by atoms with Gasteiger partial charge in [0.1, 0.15) is 5.82 Å². The lowest BCUT2D eigenvalue weighted by molar-refractivity contribution is -0.122. The fourth-order valence-corrected chi connectivity index (χ4v) is 6.09. The van der Waals surface area contributed by atoms with E-state index >= 15 is 0 Å². The number of benzene rings is 1. The van der Waals surface area contributed by atoms with Gasteiger partial charge in [0, 0.05) is 26.2 Å². The van der Waals surface area contributed by atoms with E-state index in [-0.39, 0.29) is 22.3 Å². The molecule has 3 heterocycles. The van der Waals surface area contributed by atoms with E-state index < -0.39 is 15.9 Å². The number of rotatable bonds is 6. The molecule has 33 heavy (non-hydrogen) atoms. The first-order valence-electron chi connectivity index (χ1n) is 11.3. The Labute approximate surface area is 194 Å². The lowest BCUT2D eigenvalue weighted by Gasteiger charge is -2.32. The minimum Gasteiger partial charge on any atom is -0.369 e. The normalized spacial score (nSPS) is 19.8. The van der Waals surface area contributed by atoms with Crippen molar-refractivity contribution in [3.8, 4) is 0 Å².